The van der Waals surface area contributed by atoms with Crippen molar-refractivity contribution < 1.29 is 9.53 Å². The molecule has 0 unspecified atom stereocenters. The van der Waals surface area contributed by atoms with Crippen molar-refractivity contribution in [2.45, 2.75) is 33.0 Å². The molecule has 0 aromatic carbocycles. The van der Waals surface area contributed by atoms with Crippen LogP contribution in [0.4, 0.5) is 5.82 Å². The number of thioether (sulfide) groups is 1. The van der Waals surface area contributed by atoms with E-state index in [9.17, 15) is 9.59 Å². The van der Waals surface area contributed by atoms with Crippen molar-refractivity contribution in [2.24, 2.45) is 0 Å². The van der Waals surface area contributed by atoms with Crippen LogP contribution in [-0.4, -0.2) is 56.4 Å². The molecule has 0 radical (unpaired) electrons. The number of morpholine rings is 1. The van der Waals surface area contributed by atoms with Crippen LogP contribution >= 0.6 is 24.0 Å². The first kappa shape index (κ1) is 21.7. The summed E-state index contributed by atoms with van der Waals surface area (Å²) in [5, 5.41) is 0. The van der Waals surface area contributed by atoms with Crippen LogP contribution in [0.3, 0.4) is 0 Å². The third kappa shape index (κ3) is 4.05. The Bertz CT molecular complexity index is 1160. The number of carbonyl (C=O) groups excluding carboxylic acids is 1. The Morgan fingerprint density at radius 3 is 2.71 bits per heavy atom. The minimum atomic E-state index is -0.224. The Morgan fingerprint density at radius 1 is 1.32 bits per heavy atom. The Morgan fingerprint density at radius 2 is 2.03 bits per heavy atom. The highest BCUT2D eigenvalue weighted by Gasteiger charge is 2.33. The summed E-state index contributed by atoms with van der Waals surface area (Å²) in [6.45, 7) is 11.2. The highest BCUT2D eigenvalue weighted by atomic mass is 32.2. The molecule has 0 spiro atoms. The van der Waals surface area contributed by atoms with Crippen molar-refractivity contribution in [2.75, 3.05) is 24.5 Å². The summed E-state index contributed by atoms with van der Waals surface area (Å²) in [6, 6.07) is 3.74. The molecule has 2 saturated heterocycles. The van der Waals surface area contributed by atoms with Crippen molar-refractivity contribution >= 4 is 51.7 Å². The Labute approximate surface area is 190 Å². The van der Waals surface area contributed by atoms with Gasteiger partial charge in [-0.05, 0) is 38.5 Å². The molecule has 2 aromatic rings. The van der Waals surface area contributed by atoms with E-state index in [4.69, 9.17) is 21.9 Å². The molecule has 2 aliphatic rings. The molecule has 4 heterocycles. The van der Waals surface area contributed by atoms with Crippen molar-refractivity contribution in [3.63, 3.8) is 0 Å². The maximum Gasteiger partial charge on any atom is 0.267 e. The fraction of sp³-hybridized carbons (Fsp3) is 0.364. The number of amides is 1. The van der Waals surface area contributed by atoms with Gasteiger partial charge in [-0.25, -0.2) is 4.98 Å². The molecule has 0 N–H and O–H groups in total. The normalized spacial score (nSPS) is 23.3. The van der Waals surface area contributed by atoms with Crippen LogP contribution < -0.4 is 10.5 Å². The summed E-state index contributed by atoms with van der Waals surface area (Å²) in [5.74, 6) is 0.341. The van der Waals surface area contributed by atoms with E-state index in [0.29, 0.717) is 45.9 Å². The van der Waals surface area contributed by atoms with Crippen LogP contribution in [0.2, 0.25) is 0 Å². The van der Waals surface area contributed by atoms with Crippen LogP contribution in [0.1, 0.15) is 25.0 Å². The average Bonchev–Trinajstić information content (AvgIpc) is 2.97. The standard InChI is InChI=1S/C22H24N4O3S2/c1-5-8-26-21(28)17(31-22(26)30)10-16-19(24-11-14(3)29-15(4)12-24)23-18-13(2)7-6-9-25(18)20(16)27/h5-7,9-10,14-15H,1,8,11-12H2,2-4H3/b17-10-/t14-,15-/m1/s1. The fourth-order valence-electron chi connectivity index (χ4n) is 3.94. The molecule has 1 amide bonds. The van der Waals surface area contributed by atoms with Gasteiger partial charge in [0, 0.05) is 25.8 Å². The summed E-state index contributed by atoms with van der Waals surface area (Å²) in [4.78, 5) is 35.2. The number of thiocarbonyl (C=S) groups is 1. The lowest BCUT2D eigenvalue weighted by molar-refractivity contribution is -0.121. The van der Waals surface area contributed by atoms with Gasteiger partial charge in [0.15, 0.2) is 0 Å². The Balaban J connectivity index is 1.90. The van der Waals surface area contributed by atoms with Crippen molar-refractivity contribution in [1.82, 2.24) is 14.3 Å². The molecule has 2 aromatic heterocycles. The SMILES string of the molecule is C=CCN1C(=O)/C(=C/c2c(N3C[C@@H](C)O[C@H](C)C3)nc3c(C)cccn3c2=O)SC1=S. The maximum absolute atomic E-state index is 13.5. The molecule has 0 bridgehead atoms. The highest BCUT2D eigenvalue weighted by Crippen LogP contribution is 2.34. The molecule has 2 fully saturated rings. The first-order chi connectivity index (χ1) is 14.8. The number of hydrogen-bond donors (Lipinski definition) is 0. The Kier molecular flexibility index (Phi) is 6.00. The van der Waals surface area contributed by atoms with E-state index in [1.165, 1.54) is 21.1 Å². The first-order valence-electron chi connectivity index (χ1n) is 10.1. The second kappa shape index (κ2) is 8.57. The van der Waals surface area contributed by atoms with Crippen LogP contribution in [0.15, 0.2) is 40.7 Å². The maximum atomic E-state index is 13.5. The van der Waals surface area contributed by atoms with Gasteiger partial charge >= 0.3 is 0 Å². The zero-order valence-corrected chi connectivity index (χ0v) is 19.3. The largest absolute Gasteiger partial charge is 0.372 e. The lowest BCUT2D eigenvalue weighted by atomic mass is 10.1. The summed E-state index contributed by atoms with van der Waals surface area (Å²) < 4.78 is 7.85. The van der Waals surface area contributed by atoms with Crippen LogP contribution in [0.5, 0.6) is 0 Å². The van der Waals surface area contributed by atoms with Gasteiger partial charge in [-0.2, -0.15) is 0 Å². The number of aryl methyl sites for hydroxylation is 1. The number of nitrogens with zero attached hydrogens (tertiary/aromatic N) is 4. The summed E-state index contributed by atoms with van der Waals surface area (Å²) in [6.07, 6.45) is 4.96. The van der Waals surface area contributed by atoms with Gasteiger partial charge in [-0.3, -0.25) is 18.9 Å². The van der Waals surface area contributed by atoms with Gasteiger partial charge in [0.2, 0.25) is 0 Å². The molecule has 0 aliphatic carbocycles. The molecule has 7 nitrogen and oxygen atoms in total. The second-order valence-electron chi connectivity index (χ2n) is 7.78. The van der Waals surface area contributed by atoms with Gasteiger partial charge in [0.25, 0.3) is 11.5 Å². The van der Waals surface area contributed by atoms with Gasteiger partial charge in [0.1, 0.15) is 15.8 Å². The number of fused-ring (bicyclic) bond motifs is 1. The average molecular weight is 457 g/mol. The molecule has 31 heavy (non-hydrogen) atoms. The van der Waals surface area contributed by atoms with Crippen molar-refractivity contribution in [1.29, 1.82) is 0 Å². The third-order valence-electron chi connectivity index (χ3n) is 5.24. The minimum Gasteiger partial charge on any atom is -0.372 e. The van der Waals surface area contributed by atoms with Crippen molar-refractivity contribution in [3.8, 4) is 0 Å². The van der Waals surface area contributed by atoms with E-state index in [2.05, 4.69) is 11.5 Å². The van der Waals surface area contributed by atoms with Gasteiger partial charge < -0.3 is 9.64 Å². The van der Waals surface area contributed by atoms with Gasteiger partial charge in [-0.1, -0.05) is 36.1 Å². The van der Waals surface area contributed by atoms with Crippen LogP contribution in [-0.2, 0) is 9.53 Å². The number of aromatic nitrogens is 2. The van der Waals surface area contributed by atoms with E-state index in [1.54, 1.807) is 18.3 Å². The van der Waals surface area contributed by atoms with E-state index in [-0.39, 0.29) is 23.7 Å². The van der Waals surface area contributed by atoms with Gasteiger partial charge in [0.05, 0.1) is 22.7 Å². The molecule has 4 rings (SSSR count). The second-order valence-corrected chi connectivity index (χ2v) is 9.46. The number of carbonyl (C=O) groups is 1. The summed E-state index contributed by atoms with van der Waals surface area (Å²) in [5.41, 5.74) is 1.66. The predicted molar refractivity (Wildman–Crippen MR) is 128 cm³/mol. The molecular weight excluding hydrogens is 432 g/mol. The van der Waals surface area contributed by atoms with Gasteiger partial charge in [-0.15, -0.1) is 6.58 Å². The minimum absolute atomic E-state index is 0.000441. The lowest BCUT2D eigenvalue weighted by Crippen LogP contribution is -2.46. The topological polar surface area (TPSA) is 67.2 Å². The molecule has 2 aliphatic heterocycles. The van der Waals surface area contributed by atoms with E-state index < -0.39 is 0 Å². The van der Waals surface area contributed by atoms with Crippen LogP contribution in [0, 0.1) is 6.92 Å². The highest BCUT2D eigenvalue weighted by molar-refractivity contribution is 8.26. The molecule has 2 atom stereocenters. The number of rotatable bonds is 4. The molecule has 9 heteroatoms. The molecular formula is C22H24N4O3S2. The zero-order chi connectivity index (χ0) is 22.3. The van der Waals surface area contributed by atoms with E-state index in [0.717, 1.165) is 5.56 Å². The van der Waals surface area contributed by atoms with E-state index >= 15 is 0 Å². The van der Waals surface area contributed by atoms with E-state index in [1.807, 2.05) is 32.9 Å². The monoisotopic (exact) mass is 456 g/mol. The number of pyridine rings is 1. The smallest absolute Gasteiger partial charge is 0.267 e. The summed E-state index contributed by atoms with van der Waals surface area (Å²) >= 11 is 6.54. The summed E-state index contributed by atoms with van der Waals surface area (Å²) in [7, 11) is 0. The molecule has 162 valence electrons. The van der Waals surface area contributed by atoms with Crippen LogP contribution in [0.25, 0.3) is 11.7 Å². The third-order valence-corrected chi connectivity index (χ3v) is 6.62. The predicted octanol–water partition coefficient (Wildman–Crippen LogP) is 3.00. The number of hydrogen-bond acceptors (Lipinski definition) is 7. The molecule has 0 saturated carbocycles. The Hall–Kier alpha value is -2.49. The lowest BCUT2D eigenvalue weighted by Gasteiger charge is -2.36. The first-order valence-corrected chi connectivity index (χ1v) is 11.3. The number of anilines is 1. The number of ether oxygens (including phenoxy) is 1. The van der Waals surface area contributed by atoms with Crippen molar-refractivity contribution in [3.05, 3.63) is 57.4 Å². The fourth-order valence-corrected chi connectivity index (χ4v) is 5.19. The quantitative estimate of drug-likeness (QED) is 0.398. The zero-order valence-electron chi connectivity index (χ0n) is 17.7.